The summed E-state index contributed by atoms with van der Waals surface area (Å²) in [5.74, 6) is 0.807. The van der Waals surface area contributed by atoms with Crippen molar-refractivity contribution >= 4 is 39.2 Å². The van der Waals surface area contributed by atoms with Crippen LogP contribution >= 0.6 is 23.1 Å². The molecule has 1 aliphatic heterocycles. The monoisotopic (exact) mass is 427 g/mol. The van der Waals surface area contributed by atoms with E-state index in [4.69, 9.17) is 4.98 Å². The van der Waals surface area contributed by atoms with Crippen LogP contribution in [0.5, 0.6) is 0 Å². The summed E-state index contributed by atoms with van der Waals surface area (Å²) in [6.45, 7) is 3.13. The molecule has 5 nitrogen and oxygen atoms in total. The fourth-order valence-electron chi connectivity index (χ4n) is 3.86. The molecule has 3 heterocycles. The van der Waals surface area contributed by atoms with Crippen LogP contribution in [0.2, 0.25) is 0 Å². The van der Waals surface area contributed by atoms with Crippen LogP contribution in [0, 0.1) is 6.92 Å². The zero-order chi connectivity index (χ0) is 20.5. The maximum Gasteiger partial charge on any atom is 0.264 e. The number of aryl methyl sites for hydroxylation is 2. The fourth-order valence-corrected chi connectivity index (χ4v) is 5.46. The van der Waals surface area contributed by atoms with Crippen molar-refractivity contribution in [1.29, 1.82) is 0 Å². The molecular formula is C22H25N3O2S2. The number of carbonyl (C=O) groups is 1. The molecule has 0 bridgehead atoms. The number of hydrogen-bond donors (Lipinski definition) is 0. The normalized spacial score (nSPS) is 13.9. The lowest BCUT2D eigenvalue weighted by Gasteiger charge is -2.17. The molecule has 0 saturated heterocycles. The lowest BCUT2D eigenvalue weighted by Crippen LogP contribution is -2.26. The van der Waals surface area contributed by atoms with Crippen LogP contribution < -0.4 is 5.56 Å². The maximum atomic E-state index is 13.1. The van der Waals surface area contributed by atoms with E-state index in [0.29, 0.717) is 21.6 Å². The Labute approximate surface area is 178 Å². The fraction of sp³-hybridized carbons (Fsp3) is 0.409. The minimum absolute atomic E-state index is 0.00927. The van der Waals surface area contributed by atoms with Crippen molar-refractivity contribution in [3.63, 3.8) is 0 Å². The number of rotatable bonds is 4. The molecule has 1 aromatic carbocycles. The highest BCUT2D eigenvalue weighted by Crippen LogP contribution is 2.29. The molecule has 0 N–H and O–H groups in total. The van der Waals surface area contributed by atoms with Crippen LogP contribution in [-0.2, 0) is 19.5 Å². The van der Waals surface area contributed by atoms with Gasteiger partial charge >= 0.3 is 0 Å². The number of carbonyl (C=O) groups excluding carboxylic acids is 1. The summed E-state index contributed by atoms with van der Waals surface area (Å²) in [4.78, 5) is 35.3. The summed E-state index contributed by atoms with van der Waals surface area (Å²) in [6.07, 6.45) is 6.07. The smallest absolute Gasteiger partial charge is 0.264 e. The molecule has 7 heteroatoms. The Kier molecular flexibility index (Phi) is 5.79. The Balaban J connectivity index is 1.66. The van der Waals surface area contributed by atoms with Crippen LogP contribution in [-0.4, -0.2) is 33.7 Å². The molecule has 1 amide bonds. The van der Waals surface area contributed by atoms with Crippen molar-refractivity contribution in [3.8, 4) is 0 Å². The Hall–Kier alpha value is -2.12. The number of thioether (sulfide) groups is 1. The van der Waals surface area contributed by atoms with Gasteiger partial charge in [-0.15, -0.1) is 23.1 Å². The van der Waals surface area contributed by atoms with Gasteiger partial charge < -0.3 is 4.90 Å². The number of fused-ring (bicyclic) bond motifs is 2. The van der Waals surface area contributed by atoms with E-state index in [-0.39, 0.29) is 11.5 Å². The number of nitrogens with zero attached hydrogens (tertiary/aromatic N) is 3. The van der Waals surface area contributed by atoms with E-state index in [9.17, 15) is 9.59 Å². The average molecular weight is 428 g/mol. The van der Waals surface area contributed by atoms with Crippen molar-refractivity contribution in [2.45, 2.75) is 50.6 Å². The Morgan fingerprint density at radius 3 is 2.72 bits per heavy atom. The van der Waals surface area contributed by atoms with Gasteiger partial charge in [0.2, 0.25) is 0 Å². The van der Waals surface area contributed by atoms with Crippen LogP contribution in [0.15, 0.2) is 34.0 Å². The average Bonchev–Trinajstić information content (AvgIpc) is 2.89. The van der Waals surface area contributed by atoms with E-state index >= 15 is 0 Å². The van der Waals surface area contributed by atoms with Gasteiger partial charge in [0, 0.05) is 31.5 Å². The highest BCUT2D eigenvalue weighted by Gasteiger charge is 2.24. The van der Waals surface area contributed by atoms with Crippen molar-refractivity contribution in [3.05, 3.63) is 56.4 Å². The molecule has 0 aliphatic carbocycles. The first-order valence-corrected chi connectivity index (χ1v) is 11.9. The van der Waals surface area contributed by atoms with Crippen LogP contribution in [0.4, 0.5) is 0 Å². The second-order valence-electron chi connectivity index (χ2n) is 7.54. The second kappa shape index (κ2) is 8.32. The highest BCUT2D eigenvalue weighted by molar-refractivity contribution is 7.98. The first-order valence-electron chi connectivity index (χ1n) is 9.91. The summed E-state index contributed by atoms with van der Waals surface area (Å²) in [5.41, 5.74) is 1.86. The standard InChI is InChI=1S/C22H25N3O2S2/c1-14-18-20(23-17-7-5-4-6-12-25(17)21(18)26)29-19(14)22(27)24(2)13-15-8-10-16(28-3)11-9-15/h8-11H,4-7,12-13H2,1-3H3. The number of benzene rings is 1. The summed E-state index contributed by atoms with van der Waals surface area (Å²) in [7, 11) is 1.81. The zero-order valence-corrected chi connectivity index (χ0v) is 18.7. The third-order valence-electron chi connectivity index (χ3n) is 5.53. The van der Waals surface area contributed by atoms with Gasteiger partial charge in [0.25, 0.3) is 11.5 Å². The molecule has 3 aromatic rings. The van der Waals surface area contributed by atoms with Crippen LogP contribution in [0.3, 0.4) is 0 Å². The predicted molar refractivity (Wildman–Crippen MR) is 120 cm³/mol. The van der Waals surface area contributed by atoms with Gasteiger partial charge in [-0.05, 0) is 49.3 Å². The maximum absolute atomic E-state index is 13.1. The quantitative estimate of drug-likeness (QED) is 0.576. The molecule has 0 fully saturated rings. The Bertz CT molecular complexity index is 1120. The molecule has 2 aromatic heterocycles. The van der Waals surface area contributed by atoms with Crippen molar-refractivity contribution in [1.82, 2.24) is 14.5 Å². The number of amides is 1. The minimum atomic E-state index is -0.0564. The van der Waals surface area contributed by atoms with Crippen molar-refractivity contribution in [2.75, 3.05) is 13.3 Å². The van der Waals surface area contributed by atoms with Crippen LogP contribution in [0.1, 0.15) is 45.9 Å². The summed E-state index contributed by atoms with van der Waals surface area (Å²) >= 11 is 3.05. The number of aromatic nitrogens is 2. The third kappa shape index (κ3) is 3.85. The molecular weight excluding hydrogens is 402 g/mol. The van der Waals surface area contributed by atoms with Crippen molar-refractivity contribution in [2.24, 2.45) is 0 Å². The largest absolute Gasteiger partial charge is 0.337 e. The molecule has 0 spiro atoms. The first kappa shape index (κ1) is 20.2. The molecule has 0 radical (unpaired) electrons. The van der Waals surface area contributed by atoms with E-state index in [1.54, 1.807) is 16.7 Å². The molecule has 1 aliphatic rings. The molecule has 29 heavy (non-hydrogen) atoms. The molecule has 0 atom stereocenters. The molecule has 0 saturated carbocycles. The van der Waals surface area contributed by atoms with Crippen molar-refractivity contribution < 1.29 is 4.79 Å². The van der Waals surface area contributed by atoms with Gasteiger partial charge in [0.1, 0.15) is 10.7 Å². The number of thiophene rings is 1. The van der Waals surface area contributed by atoms with Gasteiger partial charge in [0.05, 0.1) is 10.3 Å². The highest BCUT2D eigenvalue weighted by atomic mass is 32.2. The lowest BCUT2D eigenvalue weighted by atomic mass is 10.1. The van der Waals surface area contributed by atoms with E-state index in [2.05, 4.69) is 24.3 Å². The minimum Gasteiger partial charge on any atom is -0.337 e. The van der Waals surface area contributed by atoms with E-state index < -0.39 is 0 Å². The van der Waals surface area contributed by atoms with E-state index in [1.807, 2.05) is 24.8 Å². The predicted octanol–water partition coefficient (Wildman–Crippen LogP) is 4.49. The van der Waals surface area contributed by atoms with Crippen LogP contribution in [0.25, 0.3) is 10.2 Å². The van der Waals surface area contributed by atoms with Gasteiger partial charge in [-0.25, -0.2) is 4.98 Å². The number of hydrogen-bond acceptors (Lipinski definition) is 5. The lowest BCUT2D eigenvalue weighted by molar-refractivity contribution is 0.0789. The van der Waals surface area contributed by atoms with Gasteiger partial charge in [-0.2, -0.15) is 0 Å². The van der Waals surface area contributed by atoms with Gasteiger partial charge in [0.15, 0.2) is 0 Å². The summed E-state index contributed by atoms with van der Waals surface area (Å²) < 4.78 is 1.82. The van der Waals surface area contributed by atoms with E-state index in [0.717, 1.165) is 49.2 Å². The Morgan fingerprint density at radius 2 is 2.00 bits per heavy atom. The SMILES string of the molecule is CSc1ccc(CN(C)C(=O)c2sc3nc4n(c(=O)c3c2C)CCCCC4)cc1. The molecule has 4 rings (SSSR count). The summed E-state index contributed by atoms with van der Waals surface area (Å²) in [6, 6.07) is 8.25. The van der Waals surface area contributed by atoms with E-state index in [1.165, 1.54) is 16.2 Å². The van der Waals surface area contributed by atoms with Gasteiger partial charge in [-0.3, -0.25) is 14.2 Å². The molecule has 152 valence electrons. The Morgan fingerprint density at radius 1 is 1.24 bits per heavy atom. The summed E-state index contributed by atoms with van der Waals surface area (Å²) in [5, 5.41) is 0.613. The van der Waals surface area contributed by atoms with Gasteiger partial charge in [-0.1, -0.05) is 18.6 Å². The third-order valence-corrected chi connectivity index (χ3v) is 7.45. The topological polar surface area (TPSA) is 55.2 Å². The zero-order valence-electron chi connectivity index (χ0n) is 17.0. The second-order valence-corrected chi connectivity index (χ2v) is 9.42. The molecule has 0 unspecified atom stereocenters. The first-order chi connectivity index (χ1) is 14.0.